The molecule has 1 aromatic rings. The summed E-state index contributed by atoms with van der Waals surface area (Å²) >= 11 is 4.96. The second-order valence-corrected chi connectivity index (χ2v) is 7.17. The first-order valence-electron chi connectivity index (χ1n) is 6.91. The van der Waals surface area contributed by atoms with E-state index in [1.807, 2.05) is 18.2 Å². The molecule has 0 bridgehead atoms. The molecule has 2 N–H and O–H groups in total. The summed E-state index contributed by atoms with van der Waals surface area (Å²) in [5, 5.41) is 12.0. The number of carbonyl (C=O) groups excluding carboxylic acids is 1. The van der Waals surface area contributed by atoms with Crippen LogP contribution in [0.1, 0.15) is 18.4 Å². The van der Waals surface area contributed by atoms with Gasteiger partial charge in [0.2, 0.25) is 5.91 Å². The van der Waals surface area contributed by atoms with Gasteiger partial charge in [0.15, 0.2) is 0 Å². The van der Waals surface area contributed by atoms with Crippen molar-refractivity contribution in [3.63, 3.8) is 0 Å². The Balaban J connectivity index is 1.92. The smallest absolute Gasteiger partial charge is 0.330 e. The first-order chi connectivity index (χ1) is 10.5. The minimum Gasteiger partial charge on any atom is -0.496 e. The minimum atomic E-state index is -1.09. The molecule has 0 aromatic heterocycles. The van der Waals surface area contributed by atoms with Crippen molar-refractivity contribution in [3.05, 3.63) is 28.2 Å². The Labute approximate surface area is 141 Å². The third-order valence-electron chi connectivity index (χ3n) is 3.67. The van der Waals surface area contributed by atoms with Gasteiger partial charge >= 0.3 is 5.97 Å². The second-order valence-electron chi connectivity index (χ2n) is 5.21. The number of methoxy groups -OCH3 is 1. The topological polar surface area (TPSA) is 75.6 Å². The van der Waals surface area contributed by atoms with Crippen LogP contribution in [0.4, 0.5) is 0 Å². The van der Waals surface area contributed by atoms with Gasteiger partial charge in [-0.1, -0.05) is 6.07 Å². The summed E-state index contributed by atoms with van der Waals surface area (Å²) in [7, 11) is 1.60. The zero-order valence-corrected chi connectivity index (χ0v) is 14.6. The number of carboxylic acids is 1. The molecule has 1 fully saturated rings. The zero-order chi connectivity index (χ0) is 16.2. The van der Waals surface area contributed by atoms with Gasteiger partial charge in [-0.2, -0.15) is 11.8 Å². The molecule has 0 radical (unpaired) electrons. The number of halogens is 1. The van der Waals surface area contributed by atoms with Crippen LogP contribution in [0, 0.1) is 0 Å². The Kier molecular flexibility index (Phi) is 5.74. The Morgan fingerprint density at radius 3 is 2.82 bits per heavy atom. The highest BCUT2D eigenvalue weighted by Crippen LogP contribution is 2.29. The van der Waals surface area contributed by atoms with Crippen molar-refractivity contribution in [2.24, 2.45) is 0 Å². The molecule has 1 unspecified atom stereocenters. The summed E-state index contributed by atoms with van der Waals surface area (Å²) in [5.74, 6) is 0.760. The van der Waals surface area contributed by atoms with E-state index in [1.54, 1.807) is 18.9 Å². The molecule has 0 saturated carbocycles. The van der Waals surface area contributed by atoms with Gasteiger partial charge in [-0.05, 0) is 52.2 Å². The van der Waals surface area contributed by atoms with E-state index in [1.165, 1.54) is 0 Å². The van der Waals surface area contributed by atoms with Crippen LogP contribution in [0.25, 0.3) is 0 Å². The van der Waals surface area contributed by atoms with E-state index in [9.17, 15) is 14.7 Å². The summed E-state index contributed by atoms with van der Waals surface area (Å²) in [6.07, 6.45) is 1.29. The highest BCUT2D eigenvalue weighted by atomic mass is 79.9. The molecule has 1 aliphatic heterocycles. The summed E-state index contributed by atoms with van der Waals surface area (Å²) in [6.45, 7) is 0. The lowest BCUT2D eigenvalue weighted by Crippen LogP contribution is -2.54. The number of thioether (sulfide) groups is 1. The van der Waals surface area contributed by atoms with Crippen LogP contribution in [0.3, 0.4) is 0 Å². The lowest BCUT2D eigenvalue weighted by Gasteiger charge is -2.24. The fraction of sp³-hybridized carbons (Fsp3) is 0.467. The molecule has 22 heavy (non-hydrogen) atoms. The summed E-state index contributed by atoms with van der Waals surface area (Å²) in [5.41, 5.74) is -0.101. The molecule has 2 rings (SSSR count). The van der Waals surface area contributed by atoms with E-state index in [4.69, 9.17) is 4.74 Å². The maximum absolute atomic E-state index is 12.1. The molecule has 1 aromatic carbocycles. The van der Waals surface area contributed by atoms with E-state index in [0.717, 1.165) is 21.5 Å². The van der Waals surface area contributed by atoms with Crippen molar-refractivity contribution in [1.82, 2.24) is 5.32 Å². The number of ether oxygens (including phenoxy) is 1. The summed E-state index contributed by atoms with van der Waals surface area (Å²) in [6, 6.07) is 5.64. The van der Waals surface area contributed by atoms with Crippen LogP contribution in [-0.2, 0) is 16.0 Å². The molecule has 5 nitrogen and oxygen atoms in total. The van der Waals surface area contributed by atoms with Crippen LogP contribution in [0.5, 0.6) is 5.75 Å². The van der Waals surface area contributed by atoms with Gasteiger partial charge in [0.1, 0.15) is 11.3 Å². The predicted octanol–water partition coefficient (Wildman–Crippen LogP) is 2.47. The monoisotopic (exact) mass is 387 g/mol. The number of amides is 1. The number of nitrogens with one attached hydrogen (secondary N) is 1. The summed E-state index contributed by atoms with van der Waals surface area (Å²) in [4.78, 5) is 23.5. The van der Waals surface area contributed by atoms with Gasteiger partial charge in [-0.15, -0.1) is 0 Å². The number of carboxylic acid groups (broad SMARTS) is 1. The minimum absolute atomic E-state index is 0.225. The average Bonchev–Trinajstić information content (AvgIpc) is 2.95. The first-order valence-corrected chi connectivity index (χ1v) is 8.86. The van der Waals surface area contributed by atoms with Crippen molar-refractivity contribution in [2.75, 3.05) is 18.6 Å². The molecule has 1 atom stereocenters. The lowest BCUT2D eigenvalue weighted by atomic mass is 9.98. The fourth-order valence-corrected chi connectivity index (χ4v) is 4.25. The van der Waals surface area contributed by atoms with Crippen molar-refractivity contribution in [1.29, 1.82) is 0 Å². The molecular weight excluding hydrogens is 370 g/mol. The van der Waals surface area contributed by atoms with Crippen molar-refractivity contribution >= 4 is 39.6 Å². The number of hydrogen-bond acceptors (Lipinski definition) is 4. The highest BCUT2D eigenvalue weighted by Gasteiger charge is 2.43. The fourth-order valence-electron chi connectivity index (χ4n) is 2.34. The normalized spacial score (nSPS) is 20.6. The standard InChI is InChI=1S/C15H18BrNO4S/c1-21-12-4-2-10(8-11(12)16)3-5-13(18)17-15(14(19)20)6-7-22-9-15/h2,4,8H,3,5-7,9H2,1H3,(H,17,18)(H,19,20). The molecule has 1 saturated heterocycles. The van der Waals surface area contributed by atoms with Crippen molar-refractivity contribution in [2.45, 2.75) is 24.8 Å². The van der Waals surface area contributed by atoms with Crippen LogP contribution >= 0.6 is 27.7 Å². The third-order valence-corrected chi connectivity index (χ3v) is 5.48. The third kappa shape index (κ3) is 3.95. The maximum atomic E-state index is 12.1. The quantitative estimate of drug-likeness (QED) is 0.783. The van der Waals surface area contributed by atoms with Crippen LogP contribution in [-0.4, -0.2) is 41.1 Å². The maximum Gasteiger partial charge on any atom is 0.330 e. The molecule has 1 heterocycles. The van der Waals surface area contributed by atoms with Crippen molar-refractivity contribution in [3.8, 4) is 5.75 Å². The number of benzene rings is 1. The number of rotatable bonds is 6. The van der Waals surface area contributed by atoms with Gasteiger partial charge in [0, 0.05) is 12.2 Å². The molecule has 7 heteroatoms. The van der Waals surface area contributed by atoms with Crippen LogP contribution < -0.4 is 10.1 Å². The molecule has 0 spiro atoms. The molecule has 1 aliphatic rings. The van der Waals surface area contributed by atoms with Crippen LogP contribution in [0.2, 0.25) is 0 Å². The Morgan fingerprint density at radius 2 is 2.27 bits per heavy atom. The number of hydrogen-bond donors (Lipinski definition) is 2. The van der Waals surface area contributed by atoms with Gasteiger partial charge in [-0.25, -0.2) is 4.79 Å². The molecular formula is C15H18BrNO4S. The van der Waals surface area contributed by atoms with Gasteiger partial charge in [0.25, 0.3) is 0 Å². The van der Waals surface area contributed by atoms with E-state index < -0.39 is 11.5 Å². The highest BCUT2D eigenvalue weighted by molar-refractivity contribution is 9.10. The van der Waals surface area contributed by atoms with Gasteiger partial charge in [0.05, 0.1) is 11.6 Å². The zero-order valence-electron chi connectivity index (χ0n) is 12.2. The van der Waals surface area contributed by atoms with E-state index in [-0.39, 0.29) is 12.3 Å². The molecule has 0 aliphatic carbocycles. The largest absolute Gasteiger partial charge is 0.496 e. The van der Waals surface area contributed by atoms with E-state index in [2.05, 4.69) is 21.2 Å². The predicted molar refractivity (Wildman–Crippen MR) is 89.5 cm³/mol. The van der Waals surface area contributed by atoms with Gasteiger partial charge in [-0.3, -0.25) is 4.79 Å². The second kappa shape index (κ2) is 7.37. The lowest BCUT2D eigenvalue weighted by molar-refractivity contribution is -0.146. The van der Waals surface area contributed by atoms with Gasteiger partial charge < -0.3 is 15.2 Å². The molecule has 120 valence electrons. The molecule has 1 amide bonds. The Morgan fingerprint density at radius 1 is 1.50 bits per heavy atom. The van der Waals surface area contributed by atoms with E-state index >= 15 is 0 Å². The average molecular weight is 388 g/mol. The van der Waals surface area contributed by atoms with Crippen molar-refractivity contribution < 1.29 is 19.4 Å². The van der Waals surface area contributed by atoms with Crippen LogP contribution in [0.15, 0.2) is 22.7 Å². The number of carbonyl (C=O) groups is 2. The first kappa shape index (κ1) is 17.1. The number of aliphatic carboxylic acids is 1. The SMILES string of the molecule is COc1ccc(CCC(=O)NC2(C(=O)O)CCSC2)cc1Br. The summed E-state index contributed by atoms with van der Waals surface area (Å²) < 4.78 is 6.00. The Bertz CT molecular complexity index is 573. The van der Waals surface area contributed by atoms with E-state index in [0.29, 0.717) is 18.6 Å². The Hall–Kier alpha value is -1.21. The number of aryl methyl sites for hydroxylation is 1.